The number of carbonyl (C=O) groups is 1. The molecule has 2 aromatic rings. The van der Waals surface area contributed by atoms with E-state index >= 15 is 0 Å². The summed E-state index contributed by atoms with van der Waals surface area (Å²) in [6.45, 7) is 13.4. The number of hydrogen-bond donors (Lipinski definition) is 3. The molecule has 9 nitrogen and oxygen atoms in total. The molecule has 232 valence electrons. The van der Waals surface area contributed by atoms with Crippen molar-refractivity contribution < 1.29 is 32.5 Å². The lowest BCUT2D eigenvalue weighted by molar-refractivity contribution is 0.0114. The number of rotatable bonds is 18. The largest absolute Gasteiger partial charge is 0.496 e. The van der Waals surface area contributed by atoms with Crippen LogP contribution in [0.25, 0.3) is 0 Å². The van der Waals surface area contributed by atoms with Gasteiger partial charge in [-0.2, -0.15) is 0 Å². The molecule has 0 unspecified atom stereocenters. The van der Waals surface area contributed by atoms with Crippen LogP contribution in [0.2, 0.25) is 0 Å². The fraction of sp³-hybridized carbons (Fsp3) is 0.469. The molecular weight excluding hydrogens is 556 g/mol. The number of alkyl carbamates (subject to hydrolysis) is 1. The van der Waals surface area contributed by atoms with Crippen LogP contribution in [0.15, 0.2) is 67.8 Å². The first-order chi connectivity index (χ1) is 19.9. The molecule has 0 aliphatic rings. The molecule has 0 saturated carbocycles. The van der Waals surface area contributed by atoms with Crippen LogP contribution in [0.4, 0.5) is 10.5 Å². The molecule has 0 heterocycles. The second-order valence-corrected chi connectivity index (χ2v) is 12.8. The topological polar surface area (TPSA) is 123 Å². The van der Waals surface area contributed by atoms with Crippen LogP contribution in [-0.4, -0.2) is 56.8 Å². The van der Waals surface area contributed by atoms with E-state index in [2.05, 4.69) is 23.2 Å². The zero-order chi connectivity index (χ0) is 31.2. The van der Waals surface area contributed by atoms with Crippen molar-refractivity contribution in [1.29, 1.82) is 0 Å². The van der Waals surface area contributed by atoms with Crippen molar-refractivity contribution in [1.82, 2.24) is 5.32 Å². The maximum absolute atomic E-state index is 13.4. The number of carbonyl (C=O) groups excluding carboxylic acids is 1. The summed E-state index contributed by atoms with van der Waals surface area (Å²) in [6.07, 6.45) is 3.36. The zero-order valence-electron chi connectivity index (χ0n) is 25.2. The van der Waals surface area contributed by atoms with Gasteiger partial charge in [0.25, 0.3) is 0 Å². The molecule has 0 radical (unpaired) electrons. The number of methoxy groups -OCH3 is 1. The van der Waals surface area contributed by atoms with E-state index in [1.807, 2.05) is 36.4 Å². The molecule has 0 saturated heterocycles. The summed E-state index contributed by atoms with van der Waals surface area (Å²) in [5.74, 6) is -0.0979. The lowest BCUT2D eigenvalue weighted by Crippen LogP contribution is -2.46. The minimum atomic E-state index is -4.09. The van der Waals surface area contributed by atoms with Crippen LogP contribution in [0, 0.1) is 0 Å². The lowest BCUT2D eigenvalue weighted by atomic mass is 9.98. The molecule has 2 aromatic carbocycles. The van der Waals surface area contributed by atoms with E-state index in [4.69, 9.17) is 14.2 Å². The van der Waals surface area contributed by atoms with Crippen molar-refractivity contribution in [3.05, 3.63) is 84.5 Å². The smallest absolute Gasteiger partial charge is 0.407 e. The highest BCUT2D eigenvalue weighted by molar-refractivity contribution is 7.92. The molecule has 2 rings (SSSR count). The molecular formula is C32H46N2O7S. The number of unbranched alkanes of at least 4 members (excludes halogenated alkanes) is 2. The Labute approximate surface area is 251 Å². The standard InChI is InChI=1S/C32H46N2O7S/c1-7-9-10-14-17-25-26(22-40-20-8-2)29(39-6)19-18-27(25)34-42(37,38)23-28(35)30(21-24-15-12-11-13-16-24)41-31(36)33-32(3,4)5/h7-8,11-13,15-16,18-19,28,30,34-35H,1-2,9-10,14,17,20-23H2,3-6H3,(H,33,36)/t28-,30-/m0/s1. The zero-order valence-corrected chi connectivity index (χ0v) is 26.0. The van der Waals surface area contributed by atoms with Gasteiger partial charge in [0.1, 0.15) is 18.0 Å². The molecule has 0 bridgehead atoms. The molecule has 3 N–H and O–H groups in total. The van der Waals surface area contributed by atoms with Gasteiger partial charge in [0.15, 0.2) is 0 Å². The van der Waals surface area contributed by atoms with E-state index in [1.165, 1.54) is 0 Å². The Bertz CT molecular complexity index is 1260. The first kappa shape index (κ1) is 34.9. The number of hydrogen-bond acceptors (Lipinski definition) is 7. The summed E-state index contributed by atoms with van der Waals surface area (Å²) in [5, 5.41) is 13.8. The van der Waals surface area contributed by atoms with Gasteiger partial charge >= 0.3 is 6.09 Å². The van der Waals surface area contributed by atoms with Crippen molar-refractivity contribution in [2.24, 2.45) is 0 Å². The van der Waals surface area contributed by atoms with Crippen LogP contribution >= 0.6 is 0 Å². The third kappa shape index (κ3) is 12.3. The highest BCUT2D eigenvalue weighted by Crippen LogP contribution is 2.32. The van der Waals surface area contributed by atoms with Crippen LogP contribution < -0.4 is 14.8 Å². The van der Waals surface area contributed by atoms with Gasteiger partial charge in [0.2, 0.25) is 10.0 Å². The molecule has 0 aromatic heterocycles. The predicted molar refractivity (Wildman–Crippen MR) is 167 cm³/mol. The van der Waals surface area contributed by atoms with Gasteiger partial charge in [-0.3, -0.25) is 4.72 Å². The van der Waals surface area contributed by atoms with Crippen molar-refractivity contribution in [2.75, 3.05) is 24.2 Å². The van der Waals surface area contributed by atoms with E-state index < -0.39 is 39.6 Å². The van der Waals surface area contributed by atoms with Crippen LogP contribution in [0.3, 0.4) is 0 Å². The Morgan fingerprint density at radius 3 is 2.38 bits per heavy atom. The summed E-state index contributed by atoms with van der Waals surface area (Å²) in [5.41, 5.74) is 2.09. The number of allylic oxidation sites excluding steroid dienone is 1. The maximum Gasteiger partial charge on any atom is 0.407 e. The van der Waals surface area contributed by atoms with Crippen LogP contribution in [0.5, 0.6) is 5.75 Å². The Morgan fingerprint density at radius 1 is 1.05 bits per heavy atom. The van der Waals surface area contributed by atoms with Crippen LogP contribution in [0.1, 0.15) is 56.7 Å². The first-order valence-electron chi connectivity index (χ1n) is 14.1. The van der Waals surface area contributed by atoms with E-state index in [0.717, 1.165) is 36.0 Å². The van der Waals surface area contributed by atoms with E-state index in [0.29, 0.717) is 24.5 Å². The lowest BCUT2D eigenvalue weighted by Gasteiger charge is -2.27. The summed E-state index contributed by atoms with van der Waals surface area (Å²) >= 11 is 0. The molecule has 42 heavy (non-hydrogen) atoms. The van der Waals surface area contributed by atoms with Gasteiger partial charge in [-0.25, -0.2) is 13.2 Å². The first-order valence-corrected chi connectivity index (χ1v) is 15.7. The second kappa shape index (κ2) is 16.9. The number of benzene rings is 2. The summed E-state index contributed by atoms with van der Waals surface area (Å²) < 4.78 is 46.3. The molecule has 1 amide bonds. The number of aliphatic hydroxyl groups is 1. The summed E-state index contributed by atoms with van der Waals surface area (Å²) in [4.78, 5) is 12.6. The summed E-state index contributed by atoms with van der Waals surface area (Å²) in [6, 6.07) is 12.5. The Hall–Kier alpha value is -3.34. The SMILES string of the molecule is C=CCCCCc1c(NS(=O)(=O)C[C@H](O)[C@H](Cc2ccccc2)OC(=O)NC(C)(C)C)ccc(OC)c1COCC=C. The average Bonchev–Trinajstić information content (AvgIpc) is 2.91. The van der Waals surface area contributed by atoms with Crippen LogP contribution in [-0.2, 0) is 38.9 Å². The van der Waals surface area contributed by atoms with Crippen molar-refractivity contribution in [2.45, 2.75) is 77.2 Å². The summed E-state index contributed by atoms with van der Waals surface area (Å²) in [7, 11) is -2.53. The van der Waals surface area contributed by atoms with E-state index in [1.54, 1.807) is 46.1 Å². The van der Waals surface area contributed by atoms with Gasteiger partial charge in [-0.05, 0) is 69.7 Å². The normalized spacial score (nSPS) is 13.1. The Kier molecular flexibility index (Phi) is 14.1. The molecule has 0 spiro atoms. The molecule has 0 aliphatic heterocycles. The number of anilines is 1. The molecule has 0 aliphatic carbocycles. The number of aliphatic hydroxyl groups excluding tert-OH is 1. The number of amides is 1. The number of nitrogens with one attached hydrogen (secondary N) is 2. The predicted octanol–water partition coefficient (Wildman–Crippen LogP) is 5.54. The fourth-order valence-corrected chi connectivity index (χ4v) is 5.63. The van der Waals surface area contributed by atoms with Gasteiger partial charge in [0.05, 0.1) is 31.8 Å². The van der Waals surface area contributed by atoms with Gasteiger partial charge in [-0.1, -0.05) is 42.5 Å². The Balaban J connectivity index is 2.33. The van der Waals surface area contributed by atoms with Gasteiger partial charge in [-0.15, -0.1) is 13.2 Å². The monoisotopic (exact) mass is 602 g/mol. The molecule has 2 atom stereocenters. The fourth-order valence-electron chi connectivity index (χ4n) is 4.35. The quantitative estimate of drug-likeness (QED) is 0.151. The van der Waals surface area contributed by atoms with E-state index in [-0.39, 0.29) is 13.0 Å². The van der Waals surface area contributed by atoms with Gasteiger partial charge < -0.3 is 24.6 Å². The molecule has 0 fully saturated rings. The minimum Gasteiger partial charge on any atom is -0.496 e. The van der Waals surface area contributed by atoms with Crippen molar-refractivity contribution >= 4 is 21.8 Å². The third-order valence-corrected chi connectivity index (χ3v) is 7.59. The highest BCUT2D eigenvalue weighted by atomic mass is 32.2. The number of ether oxygens (including phenoxy) is 3. The maximum atomic E-state index is 13.4. The van der Waals surface area contributed by atoms with Crippen molar-refractivity contribution in [3.63, 3.8) is 0 Å². The Morgan fingerprint density at radius 2 is 1.76 bits per heavy atom. The van der Waals surface area contributed by atoms with Gasteiger partial charge in [0, 0.05) is 17.5 Å². The third-order valence-electron chi connectivity index (χ3n) is 6.28. The average molecular weight is 603 g/mol. The molecule has 10 heteroatoms. The van der Waals surface area contributed by atoms with E-state index in [9.17, 15) is 18.3 Å². The second-order valence-electron chi connectivity index (χ2n) is 11.1. The minimum absolute atomic E-state index is 0.136. The highest BCUT2D eigenvalue weighted by Gasteiger charge is 2.30. The number of sulfonamides is 1. The van der Waals surface area contributed by atoms with Crippen molar-refractivity contribution in [3.8, 4) is 5.75 Å².